The molecular weight excluding hydrogens is 552 g/mol. The van der Waals surface area contributed by atoms with E-state index < -0.39 is 42.2 Å². The van der Waals surface area contributed by atoms with Gasteiger partial charge in [0.25, 0.3) is 20.2 Å². The van der Waals surface area contributed by atoms with Gasteiger partial charge in [0.15, 0.2) is 0 Å². The molecule has 0 bridgehead atoms. The summed E-state index contributed by atoms with van der Waals surface area (Å²) in [6.45, 7) is 2.47. The SMILES string of the molecule is Cc1cc(N(CCC(O)CO)CCC(O)CO)ccc1N.O=S(=O)(O)c1cccc2c(S(=O)(=O)O)cccc12. The van der Waals surface area contributed by atoms with Gasteiger partial charge in [-0.3, -0.25) is 9.11 Å². The Kier molecular flexibility index (Phi) is 11.6. The van der Waals surface area contributed by atoms with Crippen molar-refractivity contribution >= 4 is 42.4 Å². The molecule has 0 fully saturated rings. The molecule has 3 aromatic carbocycles. The standard InChI is InChI=1S/C15H26N2O4.C10H8O6S2/c1-11-8-12(2-3-15(11)16)17(6-4-13(20)9-18)7-5-14(21)10-19;11-17(12,13)9-5-1-3-7-8(9)4-2-6-10(7)18(14,15)16/h2-3,8,13-14,18-21H,4-7,9-10,16H2,1H3;1-6H,(H,11,12,13)(H,14,15,16). The summed E-state index contributed by atoms with van der Waals surface area (Å²) in [4.78, 5) is 1.18. The third-order valence-corrected chi connectivity index (χ3v) is 7.73. The molecule has 14 heteroatoms. The second-order valence-corrected chi connectivity index (χ2v) is 11.6. The lowest BCUT2D eigenvalue weighted by Crippen LogP contribution is -2.32. The summed E-state index contributed by atoms with van der Waals surface area (Å²) < 4.78 is 62.7. The molecule has 3 aromatic rings. The van der Waals surface area contributed by atoms with Crippen molar-refractivity contribution in [3.8, 4) is 0 Å². The van der Waals surface area contributed by atoms with Crippen LogP contribution in [0.2, 0.25) is 0 Å². The Morgan fingerprint density at radius 3 is 1.56 bits per heavy atom. The molecule has 0 radical (unpaired) electrons. The van der Waals surface area contributed by atoms with E-state index in [0.717, 1.165) is 23.4 Å². The van der Waals surface area contributed by atoms with Crippen molar-refractivity contribution < 1.29 is 46.4 Å². The number of nitrogens with two attached hydrogens (primary N) is 1. The van der Waals surface area contributed by atoms with Crippen molar-refractivity contribution in [3.05, 3.63) is 60.2 Å². The molecule has 0 saturated heterocycles. The fourth-order valence-electron chi connectivity index (χ4n) is 3.72. The molecule has 2 atom stereocenters. The highest BCUT2D eigenvalue weighted by atomic mass is 32.2. The molecule has 0 aliphatic heterocycles. The van der Waals surface area contributed by atoms with Gasteiger partial charge in [0.2, 0.25) is 0 Å². The Bertz CT molecular complexity index is 1380. The normalized spacial score (nSPS) is 13.4. The number of hydrogen-bond donors (Lipinski definition) is 7. The van der Waals surface area contributed by atoms with Crippen LogP contribution >= 0.6 is 0 Å². The number of hydrogen-bond acceptors (Lipinski definition) is 10. The van der Waals surface area contributed by atoms with Gasteiger partial charge in [-0.15, -0.1) is 0 Å². The highest BCUT2D eigenvalue weighted by molar-refractivity contribution is 7.86. The van der Waals surface area contributed by atoms with Gasteiger partial charge in [-0.2, -0.15) is 16.8 Å². The highest BCUT2D eigenvalue weighted by Gasteiger charge is 2.19. The third kappa shape index (κ3) is 9.40. The minimum atomic E-state index is -4.47. The predicted octanol–water partition coefficient (Wildman–Crippen LogP) is 1.20. The summed E-state index contributed by atoms with van der Waals surface area (Å²) in [7, 11) is -8.94. The number of nitrogen functional groups attached to an aromatic ring is 1. The van der Waals surface area contributed by atoms with E-state index in [0.29, 0.717) is 31.6 Å². The van der Waals surface area contributed by atoms with Crippen LogP contribution in [0.3, 0.4) is 0 Å². The van der Waals surface area contributed by atoms with E-state index in [1.165, 1.54) is 24.3 Å². The minimum Gasteiger partial charge on any atom is -0.399 e. The van der Waals surface area contributed by atoms with Crippen LogP contribution in [0, 0.1) is 6.92 Å². The average Bonchev–Trinajstić information content (AvgIpc) is 2.88. The van der Waals surface area contributed by atoms with E-state index in [-0.39, 0.29) is 24.0 Å². The monoisotopic (exact) mass is 586 g/mol. The van der Waals surface area contributed by atoms with Crippen LogP contribution in [-0.2, 0) is 20.2 Å². The van der Waals surface area contributed by atoms with Gasteiger partial charge in [0, 0.05) is 35.2 Å². The van der Waals surface area contributed by atoms with Gasteiger partial charge >= 0.3 is 0 Å². The van der Waals surface area contributed by atoms with Gasteiger partial charge in [0.05, 0.1) is 25.4 Å². The molecule has 216 valence electrons. The van der Waals surface area contributed by atoms with Gasteiger partial charge in [-0.25, -0.2) is 0 Å². The number of benzene rings is 3. The van der Waals surface area contributed by atoms with Gasteiger partial charge < -0.3 is 31.1 Å². The molecule has 0 heterocycles. The van der Waals surface area contributed by atoms with Crippen LogP contribution in [0.15, 0.2) is 64.4 Å². The van der Waals surface area contributed by atoms with Crippen molar-refractivity contribution in [1.29, 1.82) is 0 Å². The fourth-order valence-corrected chi connectivity index (χ4v) is 5.13. The zero-order valence-electron chi connectivity index (χ0n) is 21.3. The van der Waals surface area contributed by atoms with Crippen LogP contribution in [-0.4, -0.2) is 84.9 Å². The average molecular weight is 587 g/mol. The lowest BCUT2D eigenvalue weighted by Gasteiger charge is -2.27. The highest BCUT2D eigenvalue weighted by Crippen LogP contribution is 2.28. The van der Waals surface area contributed by atoms with E-state index in [1.54, 1.807) is 0 Å². The number of rotatable bonds is 11. The van der Waals surface area contributed by atoms with Crippen molar-refractivity contribution in [2.75, 3.05) is 36.9 Å². The van der Waals surface area contributed by atoms with Gasteiger partial charge in [-0.05, 0) is 55.7 Å². The molecular formula is C25H34N2O10S2. The second-order valence-electron chi connectivity index (χ2n) is 8.84. The lowest BCUT2D eigenvalue weighted by atomic mass is 10.1. The molecule has 0 aliphatic carbocycles. The van der Waals surface area contributed by atoms with E-state index in [4.69, 9.17) is 25.1 Å². The summed E-state index contributed by atoms with van der Waals surface area (Å²) in [5.74, 6) is 0. The van der Waals surface area contributed by atoms with Gasteiger partial charge in [-0.1, -0.05) is 24.3 Å². The van der Waals surface area contributed by atoms with Crippen LogP contribution in [0.25, 0.3) is 10.8 Å². The van der Waals surface area contributed by atoms with Crippen molar-refractivity contribution in [1.82, 2.24) is 0 Å². The van der Waals surface area contributed by atoms with E-state index >= 15 is 0 Å². The van der Waals surface area contributed by atoms with Crippen molar-refractivity contribution in [3.63, 3.8) is 0 Å². The summed E-state index contributed by atoms with van der Waals surface area (Å²) in [5, 5.41) is 36.8. The first-order valence-electron chi connectivity index (χ1n) is 11.8. The lowest BCUT2D eigenvalue weighted by molar-refractivity contribution is 0.0854. The summed E-state index contributed by atoms with van der Waals surface area (Å²) in [5.41, 5.74) is 8.43. The Morgan fingerprint density at radius 2 is 1.21 bits per heavy atom. The molecule has 2 unspecified atom stereocenters. The predicted molar refractivity (Wildman–Crippen MR) is 147 cm³/mol. The van der Waals surface area contributed by atoms with Crippen LogP contribution in [0.5, 0.6) is 0 Å². The zero-order chi connectivity index (χ0) is 29.4. The van der Waals surface area contributed by atoms with E-state index in [9.17, 15) is 27.0 Å². The maximum absolute atomic E-state index is 11.2. The number of aryl methyl sites for hydroxylation is 1. The summed E-state index contributed by atoms with van der Waals surface area (Å²) in [6.07, 6.45) is -0.667. The van der Waals surface area contributed by atoms with Crippen molar-refractivity contribution in [2.24, 2.45) is 0 Å². The van der Waals surface area contributed by atoms with E-state index in [2.05, 4.69) is 0 Å². The van der Waals surface area contributed by atoms with Crippen LogP contribution in [0.4, 0.5) is 11.4 Å². The molecule has 0 saturated carbocycles. The summed E-state index contributed by atoms with van der Waals surface area (Å²) in [6, 6.07) is 13.2. The quantitative estimate of drug-likeness (QED) is 0.124. The Hall–Kier alpha value is -2.82. The zero-order valence-corrected chi connectivity index (χ0v) is 22.9. The Balaban J connectivity index is 0.000000276. The minimum absolute atomic E-state index is 0.0233. The smallest absolute Gasteiger partial charge is 0.295 e. The molecule has 39 heavy (non-hydrogen) atoms. The molecule has 8 N–H and O–H groups in total. The van der Waals surface area contributed by atoms with E-state index in [1.807, 2.05) is 30.0 Å². The topological polar surface area (TPSA) is 219 Å². The maximum Gasteiger partial charge on any atom is 0.295 e. The first-order valence-corrected chi connectivity index (χ1v) is 14.7. The second kappa shape index (κ2) is 14.0. The molecule has 0 amide bonds. The molecule has 0 aromatic heterocycles. The number of fused-ring (bicyclic) bond motifs is 1. The molecule has 0 aliphatic rings. The van der Waals surface area contributed by atoms with Gasteiger partial charge in [0.1, 0.15) is 9.79 Å². The number of anilines is 2. The largest absolute Gasteiger partial charge is 0.399 e. The first-order chi connectivity index (χ1) is 18.2. The first kappa shape index (κ1) is 32.4. The fraction of sp³-hybridized carbons (Fsp3) is 0.360. The number of aliphatic hydroxyl groups is 4. The molecule has 3 rings (SSSR count). The number of aliphatic hydroxyl groups excluding tert-OH is 4. The Labute approximate surface area is 227 Å². The molecule has 12 nitrogen and oxygen atoms in total. The maximum atomic E-state index is 11.2. The number of nitrogens with zero attached hydrogens (tertiary/aromatic N) is 1. The third-order valence-electron chi connectivity index (χ3n) is 5.90. The summed E-state index contributed by atoms with van der Waals surface area (Å²) >= 11 is 0. The molecule has 0 spiro atoms. The van der Waals surface area contributed by atoms with Crippen LogP contribution in [0.1, 0.15) is 18.4 Å². The van der Waals surface area contributed by atoms with Crippen molar-refractivity contribution in [2.45, 2.75) is 41.8 Å². The van der Waals surface area contributed by atoms with Crippen LogP contribution < -0.4 is 10.6 Å². The Morgan fingerprint density at radius 1 is 0.769 bits per heavy atom.